The van der Waals surface area contributed by atoms with Gasteiger partial charge in [0, 0.05) is 37.3 Å². The number of hydrogen-bond donors (Lipinski definition) is 0. The summed E-state index contributed by atoms with van der Waals surface area (Å²) in [5, 5.41) is 0. The third-order valence-electron chi connectivity index (χ3n) is 6.14. The first-order valence-electron chi connectivity index (χ1n) is 14.2. The maximum Gasteiger partial charge on any atom is 0.419 e. The molecule has 232 valence electrons. The first-order chi connectivity index (χ1) is 20.5. The number of carbonyl (C=O) groups excluding carboxylic acids is 3. The van der Waals surface area contributed by atoms with Crippen LogP contribution in [-0.4, -0.2) is 64.7 Å². The van der Waals surface area contributed by atoms with Crippen molar-refractivity contribution in [2.24, 2.45) is 0 Å². The lowest BCUT2D eigenvalue weighted by molar-refractivity contribution is -0.116. The number of hydrogen-bond acceptors (Lipinski definition) is 8. The Bertz CT molecular complexity index is 1250. The molecule has 43 heavy (non-hydrogen) atoms. The number of benzene rings is 1. The van der Waals surface area contributed by atoms with Gasteiger partial charge in [-0.3, -0.25) is 19.6 Å². The summed E-state index contributed by atoms with van der Waals surface area (Å²) in [6.45, 7) is 9.44. The number of ether oxygens (including phenoxy) is 4. The highest BCUT2D eigenvalue weighted by Crippen LogP contribution is 2.21. The highest BCUT2D eigenvalue weighted by atomic mass is 16.6. The van der Waals surface area contributed by atoms with Crippen molar-refractivity contribution in [3.05, 3.63) is 91.2 Å². The van der Waals surface area contributed by atoms with Gasteiger partial charge in [-0.1, -0.05) is 32.0 Å². The number of ketones is 1. The number of methoxy groups -OCH3 is 2. The predicted molar refractivity (Wildman–Crippen MR) is 164 cm³/mol. The Kier molecular flexibility index (Phi) is 14.0. The number of rotatable bonds is 5. The van der Waals surface area contributed by atoms with Gasteiger partial charge in [0.25, 0.3) is 0 Å². The number of nitrogens with zero attached hydrogens (tertiary/aromatic N) is 3. The van der Waals surface area contributed by atoms with E-state index in [-0.39, 0.29) is 30.1 Å². The van der Waals surface area contributed by atoms with Gasteiger partial charge in [0.05, 0.1) is 20.3 Å². The number of allylic oxidation sites excluding steroid dienone is 2. The van der Waals surface area contributed by atoms with E-state index < -0.39 is 5.60 Å². The lowest BCUT2D eigenvalue weighted by atomic mass is 10.0. The molecule has 1 aromatic heterocycles. The smallest absolute Gasteiger partial charge is 0.419 e. The van der Waals surface area contributed by atoms with Crippen molar-refractivity contribution < 1.29 is 33.3 Å². The molecule has 10 nitrogen and oxygen atoms in total. The van der Waals surface area contributed by atoms with Crippen molar-refractivity contribution in [2.75, 3.05) is 14.2 Å². The summed E-state index contributed by atoms with van der Waals surface area (Å²) in [5.74, 6) is 2.21. The average molecular weight is 594 g/mol. The molecule has 0 fully saturated rings. The summed E-state index contributed by atoms with van der Waals surface area (Å²) in [5.41, 5.74) is -0.509. The van der Waals surface area contributed by atoms with E-state index in [4.69, 9.17) is 18.9 Å². The molecule has 0 spiro atoms. The first-order valence-corrected chi connectivity index (χ1v) is 14.2. The predicted octanol–water partition coefficient (Wildman–Crippen LogP) is 6.90. The van der Waals surface area contributed by atoms with Crippen molar-refractivity contribution in [3.63, 3.8) is 0 Å². The molecule has 0 saturated carbocycles. The van der Waals surface area contributed by atoms with Gasteiger partial charge in [-0.25, -0.2) is 9.59 Å². The van der Waals surface area contributed by atoms with Crippen LogP contribution < -0.4 is 9.47 Å². The number of amides is 2. The second-order valence-electron chi connectivity index (χ2n) is 10.5. The minimum absolute atomic E-state index is 0.0452. The van der Waals surface area contributed by atoms with E-state index in [9.17, 15) is 14.4 Å². The van der Waals surface area contributed by atoms with Crippen LogP contribution >= 0.6 is 0 Å². The molecule has 0 N–H and O–H groups in total. The van der Waals surface area contributed by atoms with Crippen LogP contribution in [0.25, 0.3) is 0 Å². The van der Waals surface area contributed by atoms with E-state index in [1.54, 1.807) is 68.1 Å². The third kappa shape index (κ3) is 12.0. The highest BCUT2D eigenvalue weighted by molar-refractivity contribution is 5.92. The SMILES string of the molecule is CCC1C=C(OC)C=CN1C(=O)Oc1ccccc1.CCC1CC(=O)C=CN1C(=O)OC(C)(C)C.COc1ccncc1. The van der Waals surface area contributed by atoms with E-state index in [0.29, 0.717) is 12.2 Å². The lowest BCUT2D eigenvalue weighted by Gasteiger charge is -2.32. The Labute approximate surface area is 254 Å². The molecule has 2 unspecified atom stereocenters. The first kappa shape index (κ1) is 34.6. The van der Waals surface area contributed by atoms with E-state index in [2.05, 4.69) is 4.98 Å². The standard InChI is InChI=1S/C15H17NO3.C12H19NO3.C6H7NO/c1-3-12-11-14(18-2)9-10-16(12)15(17)19-13-7-5-4-6-8-13;1-5-9-8-10(14)6-7-13(9)11(15)16-12(2,3)4;1-8-6-2-4-7-5-3-6/h4-12H,3H2,1-2H3;6-7,9H,5,8H2,1-4H3;2-5H,1H3. The summed E-state index contributed by atoms with van der Waals surface area (Å²) in [6, 6.07) is 12.5. The minimum Gasteiger partial charge on any atom is -0.497 e. The van der Waals surface area contributed by atoms with Crippen LogP contribution in [0.4, 0.5) is 9.59 Å². The van der Waals surface area contributed by atoms with E-state index >= 15 is 0 Å². The Balaban J connectivity index is 0.000000243. The topological polar surface area (TPSA) is 108 Å². The normalized spacial score (nSPS) is 17.4. The van der Waals surface area contributed by atoms with E-state index in [1.165, 1.54) is 17.2 Å². The summed E-state index contributed by atoms with van der Waals surface area (Å²) in [4.78, 5) is 42.1. The maximum absolute atomic E-state index is 12.1. The van der Waals surface area contributed by atoms with Gasteiger partial charge in [-0.05, 0) is 76.1 Å². The molecule has 0 aliphatic carbocycles. The van der Waals surface area contributed by atoms with Gasteiger partial charge < -0.3 is 18.9 Å². The Morgan fingerprint density at radius 3 is 2.05 bits per heavy atom. The van der Waals surface area contributed by atoms with Crippen molar-refractivity contribution in [2.45, 2.75) is 71.6 Å². The van der Waals surface area contributed by atoms with Crippen LogP contribution in [0.5, 0.6) is 11.5 Å². The molecular formula is C33H43N3O7. The molecule has 4 rings (SSSR count). The third-order valence-corrected chi connectivity index (χ3v) is 6.14. The Hall–Kier alpha value is -4.60. The van der Waals surface area contributed by atoms with Crippen LogP contribution in [0, 0.1) is 0 Å². The molecule has 2 aromatic rings. The molecule has 1 aromatic carbocycles. The van der Waals surface area contributed by atoms with Crippen LogP contribution in [0.15, 0.2) is 91.2 Å². The van der Waals surface area contributed by atoms with Gasteiger partial charge >= 0.3 is 12.2 Å². The zero-order valence-corrected chi connectivity index (χ0v) is 26.1. The molecule has 10 heteroatoms. The fraction of sp³-hybridized carbons (Fsp3) is 0.394. The molecular weight excluding hydrogens is 550 g/mol. The van der Waals surface area contributed by atoms with Crippen molar-refractivity contribution >= 4 is 18.0 Å². The largest absolute Gasteiger partial charge is 0.497 e. The van der Waals surface area contributed by atoms with Crippen molar-refractivity contribution in [1.82, 2.24) is 14.8 Å². The minimum atomic E-state index is -0.509. The van der Waals surface area contributed by atoms with Gasteiger partial charge in [0.15, 0.2) is 5.78 Å². The van der Waals surface area contributed by atoms with E-state index in [1.807, 2.05) is 58.9 Å². The van der Waals surface area contributed by atoms with Crippen molar-refractivity contribution in [3.8, 4) is 11.5 Å². The Morgan fingerprint density at radius 2 is 1.51 bits per heavy atom. The summed E-state index contributed by atoms with van der Waals surface area (Å²) < 4.78 is 20.6. The second kappa shape index (κ2) is 17.4. The second-order valence-corrected chi connectivity index (χ2v) is 10.5. The zero-order valence-electron chi connectivity index (χ0n) is 26.1. The number of carbonyl (C=O) groups is 3. The van der Waals surface area contributed by atoms with Gasteiger partial charge in [0.1, 0.15) is 22.9 Å². The molecule has 2 aliphatic rings. The van der Waals surface area contributed by atoms with Gasteiger partial charge in [-0.15, -0.1) is 0 Å². The van der Waals surface area contributed by atoms with Gasteiger partial charge in [-0.2, -0.15) is 0 Å². The van der Waals surface area contributed by atoms with Crippen molar-refractivity contribution in [1.29, 1.82) is 0 Å². The zero-order chi connectivity index (χ0) is 31.8. The quantitative estimate of drug-likeness (QED) is 0.368. The average Bonchev–Trinajstić information content (AvgIpc) is 3.01. The van der Waals surface area contributed by atoms with Crippen LogP contribution in [0.3, 0.4) is 0 Å². The lowest BCUT2D eigenvalue weighted by Crippen LogP contribution is -2.42. The summed E-state index contributed by atoms with van der Waals surface area (Å²) >= 11 is 0. The molecule has 0 radical (unpaired) electrons. The molecule has 2 amide bonds. The molecule has 0 bridgehead atoms. The monoisotopic (exact) mass is 593 g/mol. The molecule has 0 saturated heterocycles. The highest BCUT2D eigenvalue weighted by Gasteiger charge is 2.29. The number of pyridine rings is 1. The Morgan fingerprint density at radius 1 is 0.860 bits per heavy atom. The number of aromatic nitrogens is 1. The fourth-order valence-electron chi connectivity index (χ4n) is 3.90. The molecule has 2 atom stereocenters. The fourth-order valence-corrected chi connectivity index (χ4v) is 3.90. The molecule has 3 heterocycles. The maximum atomic E-state index is 12.1. The summed E-state index contributed by atoms with van der Waals surface area (Å²) in [7, 11) is 3.25. The number of para-hydroxylation sites is 1. The molecule has 2 aliphatic heterocycles. The van der Waals surface area contributed by atoms with E-state index in [0.717, 1.165) is 24.4 Å². The van der Waals surface area contributed by atoms with Crippen LogP contribution in [0.2, 0.25) is 0 Å². The van der Waals surface area contributed by atoms with Crippen LogP contribution in [-0.2, 0) is 14.3 Å². The van der Waals surface area contributed by atoms with Crippen LogP contribution in [0.1, 0.15) is 53.9 Å². The summed E-state index contributed by atoms with van der Waals surface area (Å²) in [6.07, 6.45) is 12.8. The van der Waals surface area contributed by atoms with Gasteiger partial charge in [0.2, 0.25) is 0 Å².